The maximum atomic E-state index is 12.7. The number of nitrogens with two attached hydrogens (primary N) is 1. The summed E-state index contributed by atoms with van der Waals surface area (Å²) in [6, 6.07) is 12.2. The summed E-state index contributed by atoms with van der Waals surface area (Å²) in [6.45, 7) is 3.47. The molecule has 1 unspecified atom stereocenters. The first-order valence-electron chi connectivity index (χ1n) is 10.0. The molecule has 2 aromatic rings. The molecule has 0 radical (unpaired) electrons. The molecule has 0 saturated heterocycles. The van der Waals surface area contributed by atoms with Gasteiger partial charge in [0.25, 0.3) is 5.91 Å². The Balaban J connectivity index is 1.76. The van der Waals surface area contributed by atoms with Gasteiger partial charge in [0, 0.05) is 6.04 Å². The molecule has 0 spiro atoms. The van der Waals surface area contributed by atoms with Gasteiger partial charge >= 0.3 is 5.97 Å². The molecule has 156 valence electrons. The van der Waals surface area contributed by atoms with Crippen molar-refractivity contribution < 1.29 is 18.7 Å². The second kappa shape index (κ2) is 8.41. The molecule has 1 aliphatic carbocycles. The summed E-state index contributed by atoms with van der Waals surface area (Å²) < 4.78 is 11.1. The van der Waals surface area contributed by atoms with E-state index in [-0.39, 0.29) is 6.04 Å². The summed E-state index contributed by atoms with van der Waals surface area (Å²) >= 11 is 0. The lowest BCUT2D eigenvalue weighted by Crippen LogP contribution is -2.51. The summed E-state index contributed by atoms with van der Waals surface area (Å²) in [5.74, 6) is 0.323. The lowest BCUT2D eigenvalue weighted by molar-refractivity contribution is -0.142. The number of hydrogen-bond acceptors (Lipinski definition) is 5. The van der Waals surface area contributed by atoms with E-state index in [0.717, 1.165) is 12.8 Å². The second-order valence-corrected chi connectivity index (χ2v) is 8.23. The Bertz CT molecular complexity index is 864. The van der Waals surface area contributed by atoms with E-state index < -0.39 is 17.5 Å². The van der Waals surface area contributed by atoms with Gasteiger partial charge in [-0.25, -0.2) is 4.79 Å². The fourth-order valence-corrected chi connectivity index (χ4v) is 4.53. The van der Waals surface area contributed by atoms with Crippen LogP contribution >= 0.6 is 0 Å². The summed E-state index contributed by atoms with van der Waals surface area (Å²) in [5, 5.41) is 0. The molecule has 0 aliphatic heterocycles. The van der Waals surface area contributed by atoms with Crippen LogP contribution in [0, 0.1) is 19.8 Å². The number of carbonyl (C=O) groups excluding carboxylic acids is 2. The molecule has 1 aromatic carbocycles. The van der Waals surface area contributed by atoms with Crippen LogP contribution in [0.5, 0.6) is 0 Å². The summed E-state index contributed by atoms with van der Waals surface area (Å²) in [7, 11) is 4.13. The van der Waals surface area contributed by atoms with Crippen LogP contribution in [0.4, 0.5) is 0 Å². The maximum absolute atomic E-state index is 12.7. The first kappa shape index (κ1) is 21.1. The molecule has 0 bridgehead atoms. The highest BCUT2D eigenvalue weighted by Crippen LogP contribution is 2.42. The Hall–Kier alpha value is -2.60. The Morgan fingerprint density at radius 1 is 1.17 bits per heavy atom. The van der Waals surface area contributed by atoms with Crippen molar-refractivity contribution in [2.45, 2.75) is 51.2 Å². The van der Waals surface area contributed by atoms with Crippen LogP contribution in [-0.4, -0.2) is 36.5 Å². The molecule has 2 N–H and O–H groups in total. The highest BCUT2D eigenvalue weighted by atomic mass is 16.6. The van der Waals surface area contributed by atoms with E-state index in [4.69, 9.17) is 14.9 Å². The van der Waals surface area contributed by atoms with Crippen LogP contribution in [0.15, 0.2) is 40.8 Å². The minimum Gasteiger partial charge on any atom is -0.466 e. The highest BCUT2D eigenvalue weighted by Gasteiger charge is 2.46. The number of nitrogens with zero attached hydrogens (tertiary/aromatic N) is 1. The molecule has 1 heterocycles. The molecule has 1 aliphatic rings. The Morgan fingerprint density at radius 3 is 2.28 bits per heavy atom. The van der Waals surface area contributed by atoms with E-state index in [9.17, 15) is 9.59 Å². The lowest BCUT2D eigenvalue weighted by Gasteiger charge is -2.41. The van der Waals surface area contributed by atoms with Crippen LogP contribution in [0.25, 0.3) is 0 Å². The highest BCUT2D eigenvalue weighted by molar-refractivity contribution is 5.94. The van der Waals surface area contributed by atoms with Gasteiger partial charge in [0.1, 0.15) is 17.1 Å². The van der Waals surface area contributed by atoms with Crippen LogP contribution < -0.4 is 5.73 Å². The van der Waals surface area contributed by atoms with Gasteiger partial charge < -0.3 is 19.8 Å². The van der Waals surface area contributed by atoms with Crippen molar-refractivity contribution in [2.75, 3.05) is 14.1 Å². The summed E-state index contributed by atoms with van der Waals surface area (Å²) in [6.07, 6.45) is 2.34. The molecule has 1 amide bonds. The Kier molecular flexibility index (Phi) is 6.13. The fraction of sp³-hybridized carbons (Fsp3) is 0.478. The fourth-order valence-electron chi connectivity index (χ4n) is 4.53. The number of ether oxygens (including phenoxy) is 1. The number of amides is 1. The Labute approximate surface area is 172 Å². The number of carbonyl (C=O) groups is 2. The smallest absolute Gasteiger partial charge is 0.342 e. The topological polar surface area (TPSA) is 85.8 Å². The molecule has 1 saturated carbocycles. The molecule has 29 heavy (non-hydrogen) atoms. The Morgan fingerprint density at radius 2 is 1.79 bits per heavy atom. The number of benzene rings is 1. The maximum Gasteiger partial charge on any atom is 0.342 e. The van der Waals surface area contributed by atoms with Gasteiger partial charge in [0.2, 0.25) is 0 Å². The number of esters is 1. The van der Waals surface area contributed by atoms with Crippen LogP contribution in [0.3, 0.4) is 0 Å². The molecule has 1 aromatic heterocycles. The predicted octanol–water partition coefficient (Wildman–Crippen LogP) is 3.77. The number of primary amides is 1. The van der Waals surface area contributed by atoms with Gasteiger partial charge in [0.05, 0.1) is 0 Å². The van der Waals surface area contributed by atoms with Gasteiger partial charge in [-0.15, -0.1) is 0 Å². The minimum atomic E-state index is -1.27. The lowest BCUT2D eigenvalue weighted by atomic mass is 9.73. The van der Waals surface area contributed by atoms with E-state index in [1.807, 2.05) is 18.2 Å². The third-order valence-electron chi connectivity index (χ3n) is 5.98. The minimum absolute atomic E-state index is 0.233. The van der Waals surface area contributed by atoms with Crippen molar-refractivity contribution in [1.29, 1.82) is 0 Å². The van der Waals surface area contributed by atoms with Gasteiger partial charge in [-0.2, -0.15) is 0 Å². The molecular weight excluding hydrogens is 368 g/mol. The van der Waals surface area contributed by atoms with E-state index in [0.29, 0.717) is 35.8 Å². The van der Waals surface area contributed by atoms with E-state index >= 15 is 0 Å². The molecule has 6 heteroatoms. The van der Waals surface area contributed by atoms with Crippen molar-refractivity contribution in [2.24, 2.45) is 11.7 Å². The molecular formula is C23H30N2O4. The van der Waals surface area contributed by atoms with Gasteiger partial charge in [-0.1, -0.05) is 30.3 Å². The monoisotopic (exact) mass is 398 g/mol. The third kappa shape index (κ3) is 4.37. The molecule has 3 rings (SSSR count). The largest absolute Gasteiger partial charge is 0.466 e. The first-order chi connectivity index (χ1) is 13.7. The number of aryl methyl sites for hydroxylation is 2. The van der Waals surface area contributed by atoms with Crippen LogP contribution in [-0.2, 0) is 9.53 Å². The van der Waals surface area contributed by atoms with Crippen molar-refractivity contribution in [3.05, 3.63) is 59.0 Å². The quantitative estimate of drug-likeness (QED) is 0.749. The number of hydrogen-bond donors (Lipinski definition) is 1. The average molecular weight is 399 g/mol. The van der Waals surface area contributed by atoms with Gasteiger partial charge in [-0.05, 0) is 71.2 Å². The van der Waals surface area contributed by atoms with Crippen molar-refractivity contribution in [1.82, 2.24) is 4.90 Å². The number of rotatable bonds is 6. The third-order valence-corrected chi connectivity index (χ3v) is 5.98. The molecule has 1 atom stereocenters. The zero-order valence-electron chi connectivity index (χ0n) is 17.6. The summed E-state index contributed by atoms with van der Waals surface area (Å²) in [5.41, 5.74) is 6.04. The molecule has 6 nitrogen and oxygen atoms in total. The molecule has 1 fully saturated rings. The van der Waals surface area contributed by atoms with Crippen LogP contribution in [0.2, 0.25) is 0 Å². The average Bonchev–Trinajstić information content (AvgIpc) is 3.02. The zero-order valence-corrected chi connectivity index (χ0v) is 17.6. The second-order valence-electron chi connectivity index (χ2n) is 8.23. The van der Waals surface area contributed by atoms with E-state index in [1.165, 1.54) is 5.56 Å². The van der Waals surface area contributed by atoms with Gasteiger partial charge in [0.15, 0.2) is 5.60 Å². The first-order valence-corrected chi connectivity index (χ1v) is 10.0. The van der Waals surface area contributed by atoms with E-state index in [1.54, 1.807) is 19.9 Å². The van der Waals surface area contributed by atoms with E-state index in [2.05, 4.69) is 31.1 Å². The standard InChI is InChI=1S/C23H30N2O4/c1-15-14-19(16(2)28-15)21(26)29-23(22(24)27)12-10-18(11-13-23)20(25(3)4)17-8-6-5-7-9-17/h5-9,14,18,20H,10-13H2,1-4H3,(H2,24,27). The normalized spacial score (nSPS) is 23.0. The zero-order chi connectivity index (χ0) is 21.2. The van der Waals surface area contributed by atoms with Gasteiger partial charge in [-0.3, -0.25) is 4.79 Å². The van der Waals surface area contributed by atoms with Crippen LogP contribution in [0.1, 0.15) is 59.2 Å². The van der Waals surface area contributed by atoms with Crippen molar-refractivity contribution in [3.8, 4) is 0 Å². The summed E-state index contributed by atoms with van der Waals surface area (Å²) in [4.78, 5) is 27.2. The van der Waals surface area contributed by atoms with Crippen molar-refractivity contribution in [3.63, 3.8) is 0 Å². The number of furan rings is 1. The SMILES string of the molecule is Cc1cc(C(=O)OC2(C(N)=O)CCC(C(c3ccccc3)N(C)C)CC2)c(C)o1. The predicted molar refractivity (Wildman–Crippen MR) is 110 cm³/mol. The van der Waals surface area contributed by atoms with Crippen molar-refractivity contribution >= 4 is 11.9 Å².